The zero-order valence-corrected chi connectivity index (χ0v) is 14.4. The minimum absolute atomic E-state index is 0.165. The van der Waals surface area contributed by atoms with Crippen molar-refractivity contribution in [2.45, 2.75) is 43.8 Å². The number of fused-ring (bicyclic) bond motifs is 5. The predicted molar refractivity (Wildman–Crippen MR) is 84.2 cm³/mol. The van der Waals surface area contributed by atoms with Gasteiger partial charge in [-0.1, -0.05) is 0 Å². The van der Waals surface area contributed by atoms with Crippen LogP contribution in [0.1, 0.15) is 31.4 Å². The second kappa shape index (κ2) is 5.09. The smallest absolute Gasteiger partial charge is 0.390 e. The molecule has 1 N–H and O–H groups in total. The Bertz CT molecular complexity index is 924. The fourth-order valence-electron chi connectivity index (χ4n) is 4.78. The van der Waals surface area contributed by atoms with E-state index in [1.54, 1.807) is 13.8 Å². The van der Waals surface area contributed by atoms with E-state index in [4.69, 9.17) is 10.00 Å². The van der Waals surface area contributed by atoms with Crippen LogP contribution in [-0.4, -0.2) is 34.2 Å². The van der Waals surface area contributed by atoms with Gasteiger partial charge in [-0.3, -0.25) is 9.59 Å². The maximum absolute atomic E-state index is 13.2. The molecule has 3 aliphatic heterocycles. The van der Waals surface area contributed by atoms with Gasteiger partial charge in [-0.05, 0) is 32.0 Å². The summed E-state index contributed by atoms with van der Waals surface area (Å²) >= 11 is 0. The van der Waals surface area contributed by atoms with Crippen LogP contribution in [0.5, 0.6) is 0 Å². The molecule has 2 bridgehead atoms. The summed E-state index contributed by atoms with van der Waals surface area (Å²) in [4.78, 5) is 26.6. The molecule has 0 radical (unpaired) electrons. The third kappa shape index (κ3) is 2.14. The number of anilines is 1. The number of nitriles is 1. The number of imide groups is 1. The van der Waals surface area contributed by atoms with Crippen LogP contribution in [0.3, 0.4) is 0 Å². The van der Waals surface area contributed by atoms with E-state index in [-0.39, 0.29) is 12.1 Å². The predicted octanol–water partition coefficient (Wildman–Crippen LogP) is 1.99. The number of aliphatic hydroxyl groups is 1. The molecule has 5 atom stereocenters. The maximum Gasteiger partial charge on any atom is 0.417 e. The first-order chi connectivity index (χ1) is 12.4. The number of hydrogen-bond donors (Lipinski definition) is 1. The fraction of sp³-hybridized carbons (Fsp3) is 0.500. The van der Waals surface area contributed by atoms with E-state index in [9.17, 15) is 27.9 Å². The number of ether oxygens (including phenoxy) is 1. The normalized spacial score (nSPS) is 37.7. The van der Waals surface area contributed by atoms with Crippen LogP contribution in [-0.2, 0) is 20.5 Å². The highest BCUT2D eigenvalue weighted by Crippen LogP contribution is 2.61. The standard InChI is InChI=1S/C18H15F3N2O4/c1-16-6-11(24)17(2,27-16)13-12(16)14(25)23(15(13)26)9-4-3-8(7-22)10(5-9)18(19,20)21/h3-5,11-13,24H,6H2,1-2H3/t11-,12-,13+,16-,17+/m1/s1. The van der Waals surface area contributed by atoms with Gasteiger partial charge in [0.2, 0.25) is 11.8 Å². The Morgan fingerprint density at radius 1 is 1.26 bits per heavy atom. The topological polar surface area (TPSA) is 90.6 Å². The van der Waals surface area contributed by atoms with Crippen molar-refractivity contribution < 1.29 is 32.6 Å². The van der Waals surface area contributed by atoms with Crippen molar-refractivity contribution in [3.05, 3.63) is 29.3 Å². The SMILES string of the molecule is C[C@]12O[C@](C)(C[C@H]1O)[C@H]1C(=O)N(c3ccc(C#N)c(C(F)(F)F)c3)C(=O)[C@H]12. The average molecular weight is 380 g/mol. The highest BCUT2D eigenvalue weighted by Gasteiger charge is 2.75. The molecule has 142 valence electrons. The monoisotopic (exact) mass is 380 g/mol. The summed E-state index contributed by atoms with van der Waals surface area (Å²) in [6.45, 7) is 3.17. The number of hydrogen-bond acceptors (Lipinski definition) is 5. The number of carbonyl (C=O) groups is 2. The Morgan fingerprint density at radius 3 is 2.48 bits per heavy atom. The lowest BCUT2D eigenvalue weighted by atomic mass is 9.67. The van der Waals surface area contributed by atoms with Gasteiger partial charge >= 0.3 is 6.18 Å². The van der Waals surface area contributed by atoms with E-state index < -0.39 is 58.3 Å². The number of halogens is 3. The number of nitrogens with zero attached hydrogens (tertiary/aromatic N) is 2. The van der Waals surface area contributed by atoms with Crippen molar-refractivity contribution in [2.75, 3.05) is 4.90 Å². The molecule has 4 rings (SSSR count). The van der Waals surface area contributed by atoms with Crippen molar-refractivity contribution in [1.29, 1.82) is 5.26 Å². The lowest BCUT2D eigenvalue weighted by Gasteiger charge is -2.31. The van der Waals surface area contributed by atoms with Gasteiger partial charge in [-0.2, -0.15) is 18.4 Å². The van der Waals surface area contributed by atoms with Gasteiger partial charge in [0.1, 0.15) is 5.60 Å². The lowest BCUT2D eigenvalue weighted by Crippen LogP contribution is -2.49. The fourth-order valence-corrected chi connectivity index (χ4v) is 4.78. The molecule has 27 heavy (non-hydrogen) atoms. The third-order valence-electron chi connectivity index (χ3n) is 5.98. The first-order valence-electron chi connectivity index (χ1n) is 8.31. The maximum atomic E-state index is 13.2. The molecule has 1 aromatic carbocycles. The molecular formula is C18H15F3N2O4. The molecule has 0 aromatic heterocycles. The largest absolute Gasteiger partial charge is 0.417 e. The van der Waals surface area contributed by atoms with Gasteiger partial charge in [-0.25, -0.2) is 4.90 Å². The number of carbonyl (C=O) groups excluding carboxylic acids is 2. The number of aliphatic hydroxyl groups excluding tert-OH is 1. The molecule has 0 saturated carbocycles. The second-order valence-corrected chi connectivity index (χ2v) is 7.63. The number of amides is 2. The van der Waals surface area contributed by atoms with E-state index in [1.165, 1.54) is 6.07 Å². The number of benzene rings is 1. The van der Waals surface area contributed by atoms with Crippen LogP contribution in [0.25, 0.3) is 0 Å². The van der Waals surface area contributed by atoms with E-state index >= 15 is 0 Å². The Balaban J connectivity index is 1.81. The number of rotatable bonds is 1. The van der Waals surface area contributed by atoms with Crippen molar-refractivity contribution in [2.24, 2.45) is 11.8 Å². The van der Waals surface area contributed by atoms with Crippen LogP contribution >= 0.6 is 0 Å². The van der Waals surface area contributed by atoms with Crippen LogP contribution in [0.4, 0.5) is 18.9 Å². The summed E-state index contributed by atoms with van der Waals surface area (Å²) in [7, 11) is 0. The van der Waals surface area contributed by atoms with Crippen molar-refractivity contribution in [1.82, 2.24) is 0 Å². The first-order valence-corrected chi connectivity index (χ1v) is 8.31. The minimum atomic E-state index is -4.81. The Kier molecular flexibility index (Phi) is 3.38. The molecular weight excluding hydrogens is 365 g/mol. The zero-order valence-electron chi connectivity index (χ0n) is 14.4. The Hall–Kier alpha value is -2.44. The molecule has 2 amide bonds. The quantitative estimate of drug-likeness (QED) is 0.753. The zero-order chi connectivity index (χ0) is 19.9. The van der Waals surface area contributed by atoms with Crippen LogP contribution < -0.4 is 4.90 Å². The van der Waals surface area contributed by atoms with Crippen LogP contribution in [0.2, 0.25) is 0 Å². The van der Waals surface area contributed by atoms with E-state index in [1.807, 2.05) is 0 Å². The van der Waals surface area contributed by atoms with E-state index in [2.05, 4.69) is 0 Å². The average Bonchev–Trinajstić information content (AvgIpc) is 3.07. The molecule has 0 aliphatic carbocycles. The van der Waals surface area contributed by atoms with Gasteiger partial charge in [-0.15, -0.1) is 0 Å². The minimum Gasteiger partial charge on any atom is -0.390 e. The summed E-state index contributed by atoms with van der Waals surface area (Å²) in [5.74, 6) is -3.19. The van der Waals surface area contributed by atoms with Crippen LogP contribution in [0.15, 0.2) is 18.2 Å². The molecule has 0 spiro atoms. The molecule has 3 fully saturated rings. The summed E-state index contributed by atoms with van der Waals surface area (Å²) in [6.07, 6.45) is -5.59. The van der Waals surface area contributed by atoms with Gasteiger partial charge in [0.15, 0.2) is 0 Å². The van der Waals surface area contributed by atoms with Crippen molar-refractivity contribution in [3.8, 4) is 6.07 Å². The second-order valence-electron chi connectivity index (χ2n) is 7.63. The third-order valence-corrected chi connectivity index (χ3v) is 5.98. The highest BCUT2D eigenvalue weighted by atomic mass is 19.4. The molecule has 9 heteroatoms. The Labute approximate surface area is 152 Å². The molecule has 3 saturated heterocycles. The van der Waals surface area contributed by atoms with Crippen LogP contribution in [0, 0.1) is 23.2 Å². The van der Waals surface area contributed by atoms with E-state index in [0.29, 0.717) is 6.07 Å². The summed E-state index contributed by atoms with van der Waals surface area (Å²) in [5.41, 5.74) is -4.37. The summed E-state index contributed by atoms with van der Waals surface area (Å²) in [6, 6.07) is 4.19. The Morgan fingerprint density at radius 2 is 1.89 bits per heavy atom. The first kappa shape index (κ1) is 17.9. The summed E-state index contributed by atoms with van der Waals surface area (Å²) in [5, 5.41) is 19.2. The molecule has 3 aliphatic rings. The number of alkyl halides is 3. The molecule has 1 aromatic rings. The van der Waals surface area contributed by atoms with Gasteiger partial charge < -0.3 is 9.84 Å². The van der Waals surface area contributed by atoms with E-state index in [0.717, 1.165) is 17.0 Å². The highest BCUT2D eigenvalue weighted by molar-refractivity contribution is 6.23. The molecule has 0 unspecified atom stereocenters. The van der Waals surface area contributed by atoms with Crippen molar-refractivity contribution >= 4 is 17.5 Å². The van der Waals surface area contributed by atoms with Gasteiger partial charge in [0.05, 0.1) is 46.4 Å². The lowest BCUT2D eigenvalue weighted by molar-refractivity contribution is -0.138. The van der Waals surface area contributed by atoms with Gasteiger partial charge in [0, 0.05) is 6.42 Å². The van der Waals surface area contributed by atoms with Gasteiger partial charge in [0.25, 0.3) is 0 Å². The van der Waals surface area contributed by atoms with Crippen molar-refractivity contribution in [3.63, 3.8) is 0 Å². The molecule has 3 heterocycles. The summed E-state index contributed by atoms with van der Waals surface area (Å²) < 4.78 is 45.6. The molecule has 6 nitrogen and oxygen atoms in total.